The van der Waals surface area contributed by atoms with Crippen LogP contribution in [-0.4, -0.2) is 15.4 Å². The smallest absolute Gasteiger partial charge is 0.258 e. The van der Waals surface area contributed by atoms with Crippen LogP contribution in [0.1, 0.15) is 51.1 Å². The number of aromatic nitrogens is 2. The molecule has 2 atom stereocenters. The molecule has 0 aromatic carbocycles. The lowest BCUT2D eigenvalue weighted by atomic mass is 9.97. The molecule has 23 heavy (non-hydrogen) atoms. The van der Waals surface area contributed by atoms with Gasteiger partial charge in [0.25, 0.3) is 5.56 Å². The van der Waals surface area contributed by atoms with Crippen LogP contribution in [0.4, 0.5) is 0 Å². The summed E-state index contributed by atoms with van der Waals surface area (Å²) in [7, 11) is 0. The molecule has 5 heteroatoms. The quantitative estimate of drug-likeness (QED) is 0.874. The van der Waals surface area contributed by atoms with Crippen LogP contribution >= 0.6 is 11.6 Å². The zero-order valence-corrected chi connectivity index (χ0v) is 14.4. The van der Waals surface area contributed by atoms with Crippen molar-refractivity contribution >= 4 is 17.2 Å². The highest BCUT2D eigenvalue weighted by Gasteiger charge is 2.26. The van der Waals surface area contributed by atoms with Crippen molar-refractivity contribution in [2.75, 3.05) is 0 Å². The van der Waals surface area contributed by atoms with Gasteiger partial charge >= 0.3 is 0 Å². The van der Waals surface area contributed by atoms with Gasteiger partial charge in [-0.05, 0) is 37.3 Å². The van der Waals surface area contributed by atoms with Crippen molar-refractivity contribution in [1.82, 2.24) is 14.7 Å². The summed E-state index contributed by atoms with van der Waals surface area (Å²) in [5.74, 6) is 0.773. The molecule has 2 heterocycles. The van der Waals surface area contributed by atoms with Crippen LogP contribution in [0.3, 0.4) is 0 Å². The molecule has 1 N–H and O–H groups in total. The number of rotatable bonds is 6. The largest absolute Gasteiger partial charge is 0.308 e. The lowest BCUT2D eigenvalue weighted by Gasteiger charge is -2.20. The average molecular weight is 334 g/mol. The number of fused-ring (bicyclic) bond motifs is 1. The number of hydrogen-bond donors (Lipinski definition) is 1. The maximum Gasteiger partial charge on any atom is 0.258 e. The van der Waals surface area contributed by atoms with Gasteiger partial charge in [-0.2, -0.15) is 0 Å². The van der Waals surface area contributed by atoms with E-state index in [0.717, 1.165) is 11.6 Å². The van der Waals surface area contributed by atoms with Crippen LogP contribution in [0, 0.1) is 5.92 Å². The van der Waals surface area contributed by atoms with E-state index in [1.54, 1.807) is 24.4 Å². The van der Waals surface area contributed by atoms with Gasteiger partial charge in [0.2, 0.25) is 0 Å². The first-order chi connectivity index (χ1) is 11.2. The van der Waals surface area contributed by atoms with E-state index in [1.807, 2.05) is 0 Å². The van der Waals surface area contributed by atoms with Gasteiger partial charge in [-0.1, -0.05) is 37.8 Å². The lowest BCUT2D eigenvalue weighted by molar-refractivity contribution is 0.367. The highest BCUT2D eigenvalue weighted by atomic mass is 35.5. The third kappa shape index (κ3) is 3.93. The number of unbranched alkanes of at least 4 members (excludes halogenated alkanes) is 1. The molecule has 2 aromatic rings. The zero-order valence-electron chi connectivity index (χ0n) is 13.6. The Bertz CT molecular complexity index is 728. The monoisotopic (exact) mass is 333 g/mol. The predicted octanol–water partition coefficient (Wildman–Crippen LogP) is 3.80. The molecule has 124 valence electrons. The van der Waals surface area contributed by atoms with Crippen molar-refractivity contribution in [2.24, 2.45) is 5.92 Å². The van der Waals surface area contributed by atoms with E-state index in [0.29, 0.717) is 23.3 Å². The van der Waals surface area contributed by atoms with E-state index in [-0.39, 0.29) is 5.56 Å². The fourth-order valence-corrected chi connectivity index (χ4v) is 3.73. The Kier molecular flexibility index (Phi) is 5.34. The summed E-state index contributed by atoms with van der Waals surface area (Å²) in [5.41, 5.74) is 1.37. The van der Waals surface area contributed by atoms with Crippen molar-refractivity contribution in [1.29, 1.82) is 0 Å². The van der Waals surface area contributed by atoms with Crippen LogP contribution in [-0.2, 0) is 6.54 Å². The van der Waals surface area contributed by atoms with Crippen LogP contribution in [0.25, 0.3) is 5.65 Å². The Morgan fingerprint density at radius 2 is 2.26 bits per heavy atom. The molecule has 0 saturated heterocycles. The summed E-state index contributed by atoms with van der Waals surface area (Å²) in [5, 5.41) is 4.16. The normalized spacial score (nSPS) is 21.1. The molecule has 0 amide bonds. The minimum atomic E-state index is -0.0803. The molecule has 4 nitrogen and oxygen atoms in total. The average Bonchev–Trinajstić information content (AvgIpc) is 2.99. The molecule has 1 fully saturated rings. The topological polar surface area (TPSA) is 46.4 Å². The summed E-state index contributed by atoms with van der Waals surface area (Å²) < 4.78 is 1.49. The van der Waals surface area contributed by atoms with Gasteiger partial charge in [0, 0.05) is 24.8 Å². The molecule has 0 aliphatic heterocycles. The van der Waals surface area contributed by atoms with Crippen LogP contribution < -0.4 is 10.9 Å². The molecule has 0 radical (unpaired) electrons. The SMILES string of the molecule is CCCC[C@@H]1CCC[C@@H]1NCc1cc(=O)n2cc(Cl)ccc2n1. The number of halogens is 1. The second-order valence-electron chi connectivity index (χ2n) is 6.48. The number of pyridine rings is 1. The van der Waals surface area contributed by atoms with Crippen molar-refractivity contribution in [2.45, 2.75) is 58.0 Å². The minimum Gasteiger partial charge on any atom is -0.308 e. The van der Waals surface area contributed by atoms with Crippen LogP contribution in [0.15, 0.2) is 29.2 Å². The Morgan fingerprint density at radius 1 is 1.39 bits per heavy atom. The van der Waals surface area contributed by atoms with Gasteiger partial charge in [-0.15, -0.1) is 0 Å². The van der Waals surface area contributed by atoms with Crippen LogP contribution in [0.5, 0.6) is 0 Å². The van der Waals surface area contributed by atoms with Gasteiger partial charge in [0.1, 0.15) is 5.65 Å². The molecule has 0 spiro atoms. The van der Waals surface area contributed by atoms with E-state index in [9.17, 15) is 4.79 Å². The van der Waals surface area contributed by atoms with Crippen molar-refractivity contribution in [3.63, 3.8) is 0 Å². The van der Waals surface area contributed by atoms with Gasteiger partial charge in [0.05, 0.1) is 10.7 Å². The van der Waals surface area contributed by atoms with E-state index in [2.05, 4.69) is 17.2 Å². The maximum atomic E-state index is 12.2. The lowest BCUT2D eigenvalue weighted by Crippen LogP contribution is -2.32. The molecular weight excluding hydrogens is 310 g/mol. The Labute approximate surface area is 141 Å². The Morgan fingerprint density at radius 3 is 3.09 bits per heavy atom. The molecular formula is C18H24ClN3O. The molecule has 1 aliphatic carbocycles. The Hall–Kier alpha value is -1.39. The first-order valence-electron chi connectivity index (χ1n) is 8.58. The third-order valence-electron chi connectivity index (χ3n) is 4.81. The summed E-state index contributed by atoms with van der Waals surface area (Å²) in [6, 6.07) is 5.71. The van der Waals surface area contributed by atoms with Gasteiger partial charge in [-0.3, -0.25) is 9.20 Å². The first kappa shape index (κ1) is 16.5. The summed E-state index contributed by atoms with van der Waals surface area (Å²) in [4.78, 5) is 16.8. The standard InChI is InChI=1S/C18H24ClN3O/c1-2-3-5-13-6-4-7-16(13)20-11-15-10-18(23)22-12-14(19)8-9-17(22)21-15/h8-10,12-13,16,20H,2-7,11H2,1H3/t13-,16+/m1/s1. The maximum absolute atomic E-state index is 12.2. The van der Waals surface area contributed by atoms with Crippen LogP contribution in [0.2, 0.25) is 5.02 Å². The molecule has 0 bridgehead atoms. The van der Waals surface area contributed by atoms with Crippen molar-refractivity contribution < 1.29 is 0 Å². The molecule has 2 aromatic heterocycles. The second kappa shape index (κ2) is 7.45. The fraction of sp³-hybridized carbons (Fsp3) is 0.556. The zero-order chi connectivity index (χ0) is 16.2. The number of nitrogens with zero attached hydrogens (tertiary/aromatic N) is 2. The molecule has 1 aliphatic rings. The summed E-state index contributed by atoms with van der Waals surface area (Å²) in [6.45, 7) is 2.90. The summed E-state index contributed by atoms with van der Waals surface area (Å²) in [6.07, 6.45) is 9.34. The Balaban J connectivity index is 1.69. The molecule has 1 saturated carbocycles. The second-order valence-corrected chi connectivity index (χ2v) is 6.92. The predicted molar refractivity (Wildman–Crippen MR) is 94.0 cm³/mol. The van der Waals surface area contributed by atoms with Gasteiger partial charge in [0.15, 0.2) is 0 Å². The highest BCUT2D eigenvalue weighted by Crippen LogP contribution is 2.30. The molecule has 3 rings (SSSR count). The van der Waals surface area contributed by atoms with Gasteiger partial charge in [-0.25, -0.2) is 4.98 Å². The van der Waals surface area contributed by atoms with E-state index >= 15 is 0 Å². The first-order valence-corrected chi connectivity index (χ1v) is 8.96. The third-order valence-corrected chi connectivity index (χ3v) is 5.03. The van der Waals surface area contributed by atoms with Crippen molar-refractivity contribution in [3.05, 3.63) is 45.5 Å². The van der Waals surface area contributed by atoms with Gasteiger partial charge < -0.3 is 5.32 Å². The fourth-order valence-electron chi connectivity index (χ4n) is 3.57. The van der Waals surface area contributed by atoms with E-state index in [4.69, 9.17) is 11.6 Å². The number of hydrogen-bond acceptors (Lipinski definition) is 3. The number of nitrogens with one attached hydrogen (secondary N) is 1. The minimum absolute atomic E-state index is 0.0803. The summed E-state index contributed by atoms with van der Waals surface area (Å²) >= 11 is 5.94. The van der Waals surface area contributed by atoms with E-state index in [1.165, 1.54) is 42.9 Å². The highest BCUT2D eigenvalue weighted by molar-refractivity contribution is 6.30. The molecule has 0 unspecified atom stereocenters. The van der Waals surface area contributed by atoms with E-state index < -0.39 is 0 Å². The van der Waals surface area contributed by atoms with Crippen molar-refractivity contribution in [3.8, 4) is 0 Å².